The van der Waals surface area contributed by atoms with E-state index < -0.39 is 47.4 Å². The lowest BCUT2D eigenvalue weighted by Gasteiger charge is -2.26. The Balaban J connectivity index is 2.31. The number of hydrogen-bond donors (Lipinski definition) is 3. The molecule has 0 aromatic heterocycles. The number of halogens is 3. The fraction of sp³-hybridized carbons (Fsp3) is 0.375. The van der Waals surface area contributed by atoms with Gasteiger partial charge in [-0.15, -0.1) is 0 Å². The van der Waals surface area contributed by atoms with Crippen LogP contribution in [0.5, 0.6) is 0 Å². The smallest absolute Gasteiger partial charge is 0.416 e. The quantitative estimate of drug-likeness (QED) is 0.503. The van der Waals surface area contributed by atoms with Crippen LogP contribution in [0.15, 0.2) is 48.5 Å². The molecule has 2 amide bonds. The largest absolute Gasteiger partial charge is 0.478 e. The summed E-state index contributed by atoms with van der Waals surface area (Å²) in [6.45, 7) is 6.69. The molecular weight excluding hydrogens is 453 g/mol. The van der Waals surface area contributed by atoms with Gasteiger partial charge >= 0.3 is 18.2 Å². The van der Waals surface area contributed by atoms with Crippen molar-refractivity contribution in [1.82, 2.24) is 10.6 Å². The molecule has 7 nitrogen and oxygen atoms in total. The molecule has 0 radical (unpaired) electrons. The van der Waals surface area contributed by atoms with Gasteiger partial charge in [0.2, 0.25) is 5.91 Å². The molecule has 2 aromatic carbocycles. The summed E-state index contributed by atoms with van der Waals surface area (Å²) < 4.78 is 44.1. The zero-order chi connectivity index (χ0) is 25.7. The first-order valence-electron chi connectivity index (χ1n) is 10.5. The number of nitrogens with one attached hydrogen (secondary N) is 2. The maximum Gasteiger partial charge on any atom is 0.416 e. The molecule has 2 aromatic rings. The Morgan fingerprint density at radius 1 is 0.912 bits per heavy atom. The number of carbonyl (C=O) groups is 3. The van der Waals surface area contributed by atoms with Gasteiger partial charge in [0.05, 0.1) is 17.2 Å². The van der Waals surface area contributed by atoms with E-state index in [1.54, 1.807) is 39.8 Å². The summed E-state index contributed by atoms with van der Waals surface area (Å²) in [5.74, 6) is -1.76. The van der Waals surface area contributed by atoms with Crippen LogP contribution in [0, 0.1) is 0 Å². The first kappa shape index (κ1) is 26.7. The standard InChI is InChI=1S/C24H27F3N2O5/c1-5-18(14-6-8-16(9-7-14)21(31)32)28-20(30)19(29-22(33)34-23(2,3)4)15-10-12-17(13-11-15)24(25,26)27/h6-13,18-19H,5H2,1-4H3,(H,28,30)(H,29,33)(H,31,32)/t18-,19?/m1/s1. The molecule has 0 aliphatic rings. The summed E-state index contributed by atoms with van der Waals surface area (Å²) in [5, 5.41) is 14.2. The molecule has 184 valence electrons. The molecular formula is C24H27F3N2O5. The predicted octanol–water partition coefficient (Wildman–Crippen LogP) is 5.24. The van der Waals surface area contributed by atoms with Gasteiger partial charge in [0.15, 0.2) is 0 Å². The first-order chi connectivity index (χ1) is 15.7. The minimum Gasteiger partial charge on any atom is -0.478 e. The SMILES string of the molecule is CC[C@@H](NC(=O)C(NC(=O)OC(C)(C)C)c1ccc(C(F)(F)F)cc1)c1ccc(C(=O)O)cc1. The molecule has 0 saturated heterocycles. The third-order valence-electron chi connectivity index (χ3n) is 4.78. The van der Waals surface area contributed by atoms with E-state index in [-0.39, 0.29) is 11.1 Å². The van der Waals surface area contributed by atoms with E-state index in [0.29, 0.717) is 12.0 Å². The van der Waals surface area contributed by atoms with Gasteiger partial charge in [-0.2, -0.15) is 13.2 Å². The molecule has 3 N–H and O–H groups in total. The molecule has 10 heteroatoms. The van der Waals surface area contributed by atoms with Gasteiger partial charge in [-0.1, -0.05) is 31.2 Å². The highest BCUT2D eigenvalue weighted by Gasteiger charge is 2.32. The van der Waals surface area contributed by atoms with Crippen LogP contribution in [-0.4, -0.2) is 28.7 Å². The van der Waals surface area contributed by atoms with Crippen LogP contribution >= 0.6 is 0 Å². The lowest BCUT2D eigenvalue weighted by Crippen LogP contribution is -2.43. The van der Waals surface area contributed by atoms with Crippen LogP contribution in [-0.2, 0) is 15.7 Å². The van der Waals surface area contributed by atoms with Gasteiger partial charge in [-0.05, 0) is 62.6 Å². The Hall–Kier alpha value is -3.56. The van der Waals surface area contributed by atoms with Gasteiger partial charge < -0.3 is 20.5 Å². The molecule has 0 spiro atoms. The van der Waals surface area contributed by atoms with Gasteiger partial charge in [0.25, 0.3) is 0 Å². The zero-order valence-electron chi connectivity index (χ0n) is 19.2. The lowest BCUT2D eigenvalue weighted by molar-refractivity contribution is -0.137. The molecule has 0 fully saturated rings. The number of aromatic carboxylic acids is 1. The van der Waals surface area contributed by atoms with E-state index in [9.17, 15) is 27.6 Å². The highest BCUT2D eigenvalue weighted by atomic mass is 19.4. The Kier molecular flexibility index (Phi) is 8.31. The fourth-order valence-electron chi connectivity index (χ4n) is 3.12. The number of carboxylic acid groups (broad SMARTS) is 1. The topological polar surface area (TPSA) is 105 Å². The molecule has 1 unspecified atom stereocenters. The Morgan fingerprint density at radius 3 is 1.88 bits per heavy atom. The van der Waals surface area contributed by atoms with Crippen molar-refractivity contribution in [1.29, 1.82) is 0 Å². The number of hydrogen-bond acceptors (Lipinski definition) is 4. The number of carboxylic acids is 1. The second kappa shape index (κ2) is 10.6. The van der Waals surface area contributed by atoms with Crippen molar-refractivity contribution in [2.75, 3.05) is 0 Å². The second-order valence-corrected chi connectivity index (χ2v) is 8.60. The van der Waals surface area contributed by atoms with Gasteiger partial charge in [0.1, 0.15) is 11.6 Å². The molecule has 0 saturated carbocycles. The highest BCUT2D eigenvalue weighted by Crippen LogP contribution is 2.30. The second-order valence-electron chi connectivity index (χ2n) is 8.60. The molecule has 34 heavy (non-hydrogen) atoms. The van der Waals surface area contributed by atoms with E-state index in [0.717, 1.165) is 24.3 Å². The molecule has 2 rings (SSSR count). The molecule has 0 aliphatic carbocycles. The number of carbonyl (C=O) groups excluding carboxylic acids is 2. The van der Waals surface area contributed by atoms with Gasteiger partial charge in [0, 0.05) is 0 Å². The Bertz CT molecular complexity index is 1010. The average molecular weight is 480 g/mol. The minimum absolute atomic E-state index is 0.0825. The van der Waals surface area contributed by atoms with Crippen molar-refractivity contribution in [3.05, 3.63) is 70.8 Å². The normalized spacial score (nSPS) is 13.5. The Morgan fingerprint density at radius 2 is 1.44 bits per heavy atom. The number of rotatable bonds is 7. The van der Waals surface area contributed by atoms with Crippen LogP contribution in [0.4, 0.5) is 18.0 Å². The third-order valence-corrected chi connectivity index (χ3v) is 4.78. The lowest BCUT2D eigenvalue weighted by atomic mass is 10.00. The molecule has 2 atom stereocenters. The van der Waals surface area contributed by atoms with Crippen molar-refractivity contribution in [2.45, 2.75) is 58.0 Å². The fourth-order valence-corrected chi connectivity index (χ4v) is 3.12. The van der Waals surface area contributed by atoms with Crippen molar-refractivity contribution in [3.8, 4) is 0 Å². The van der Waals surface area contributed by atoms with Crippen LogP contribution in [0.3, 0.4) is 0 Å². The number of amides is 2. The Labute approximate surface area is 195 Å². The van der Waals surface area contributed by atoms with E-state index in [2.05, 4.69) is 10.6 Å². The summed E-state index contributed by atoms with van der Waals surface area (Å²) in [4.78, 5) is 36.6. The average Bonchev–Trinajstić information content (AvgIpc) is 2.74. The maximum atomic E-state index is 13.1. The third kappa shape index (κ3) is 7.50. The molecule has 0 heterocycles. The zero-order valence-corrected chi connectivity index (χ0v) is 19.2. The van der Waals surface area contributed by atoms with E-state index in [1.807, 2.05) is 0 Å². The molecule has 0 aliphatic heterocycles. The number of alkyl carbamates (subject to hydrolysis) is 1. The summed E-state index contributed by atoms with van der Waals surface area (Å²) in [7, 11) is 0. The maximum absolute atomic E-state index is 13.1. The van der Waals surface area contributed by atoms with Crippen molar-refractivity contribution >= 4 is 18.0 Å². The van der Waals surface area contributed by atoms with Crippen LogP contribution in [0.2, 0.25) is 0 Å². The van der Waals surface area contributed by atoms with Crippen molar-refractivity contribution in [2.24, 2.45) is 0 Å². The minimum atomic E-state index is -4.55. The van der Waals surface area contributed by atoms with Crippen molar-refractivity contribution < 1.29 is 37.4 Å². The van der Waals surface area contributed by atoms with Crippen LogP contribution in [0.25, 0.3) is 0 Å². The van der Waals surface area contributed by atoms with Crippen LogP contribution in [0.1, 0.15) is 73.2 Å². The number of ether oxygens (including phenoxy) is 1. The monoisotopic (exact) mass is 480 g/mol. The van der Waals surface area contributed by atoms with Gasteiger partial charge in [-0.25, -0.2) is 9.59 Å². The summed E-state index contributed by atoms with van der Waals surface area (Å²) in [5.41, 5.74) is -0.906. The summed E-state index contributed by atoms with van der Waals surface area (Å²) in [6.07, 6.45) is -5.03. The van der Waals surface area contributed by atoms with Crippen LogP contribution < -0.4 is 10.6 Å². The molecule has 0 bridgehead atoms. The summed E-state index contributed by atoms with van der Waals surface area (Å²) >= 11 is 0. The number of benzene rings is 2. The number of alkyl halides is 3. The van der Waals surface area contributed by atoms with E-state index >= 15 is 0 Å². The van der Waals surface area contributed by atoms with E-state index in [1.165, 1.54) is 12.1 Å². The van der Waals surface area contributed by atoms with E-state index in [4.69, 9.17) is 9.84 Å². The van der Waals surface area contributed by atoms with Crippen molar-refractivity contribution in [3.63, 3.8) is 0 Å². The first-order valence-corrected chi connectivity index (χ1v) is 10.5. The summed E-state index contributed by atoms with van der Waals surface area (Å²) in [6, 6.07) is 7.95. The van der Waals surface area contributed by atoms with Gasteiger partial charge in [-0.3, -0.25) is 4.79 Å². The highest BCUT2D eigenvalue weighted by molar-refractivity contribution is 5.88. The predicted molar refractivity (Wildman–Crippen MR) is 118 cm³/mol.